The van der Waals surface area contributed by atoms with Crippen molar-refractivity contribution in [1.29, 1.82) is 0 Å². The minimum Gasteiger partial charge on any atom is -0.310 e. The van der Waals surface area contributed by atoms with Crippen molar-refractivity contribution in [3.05, 3.63) is 34.9 Å². The van der Waals surface area contributed by atoms with Gasteiger partial charge in [0, 0.05) is 6.04 Å². The van der Waals surface area contributed by atoms with Gasteiger partial charge in [-0.15, -0.1) is 0 Å². The van der Waals surface area contributed by atoms with E-state index >= 15 is 0 Å². The SMILES string of the molecule is CCCNC(c1cc(C)ccc1C)C1CCC(CC)C1. The van der Waals surface area contributed by atoms with Crippen LogP contribution in [-0.4, -0.2) is 6.54 Å². The Hall–Kier alpha value is -0.820. The van der Waals surface area contributed by atoms with Crippen LogP contribution in [0.2, 0.25) is 0 Å². The third-order valence-corrected chi connectivity index (χ3v) is 5.01. The highest BCUT2D eigenvalue weighted by Crippen LogP contribution is 2.41. The van der Waals surface area contributed by atoms with Crippen LogP contribution in [0, 0.1) is 25.7 Å². The second-order valence-corrected chi connectivity index (χ2v) is 6.64. The van der Waals surface area contributed by atoms with Gasteiger partial charge in [0.05, 0.1) is 0 Å². The lowest BCUT2D eigenvalue weighted by molar-refractivity contribution is 0.353. The Bertz CT molecular complexity index is 424. The van der Waals surface area contributed by atoms with Crippen LogP contribution >= 0.6 is 0 Å². The van der Waals surface area contributed by atoms with Gasteiger partial charge in [-0.05, 0) is 62.6 Å². The fourth-order valence-electron chi connectivity index (χ4n) is 3.71. The smallest absolute Gasteiger partial charge is 0.0351 e. The zero-order chi connectivity index (χ0) is 14.5. The molecule has 0 aliphatic heterocycles. The van der Waals surface area contributed by atoms with Crippen molar-refractivity contribution in [1.82, 2.24) is 5.32 Å². The molecule has 0 radical (unpaired) electrons. The summed E-state index contributed by atoms with van der Waals surface area (Å²) in [6, 6.07) is 7.49. The van der Waals surface area contributed by atoms with E-state index in [1.165, 1.54) is 43.2 Å². The summed E-state index contributed by atoms with van der Waals surface area (Å²) in [7, 11) is 0. The maximum Gasteiger partial charge on any atom is 0.0351 e. The summed E-state index contributed by atoms with van der Waals surface area (Å²) >= 11 is 0. The van der Waals surface area contributed by atoms with Gasteiger partial charge in [0.2, 0.25) is 0 Å². The van der Waals surface area contributed by atoms with Gasteiger partial charge in [0.15, 0.2) is 0 Å². The van der Waals surface area contributed by atoms with Gasteiger partial charge in [0.25, 0.3) is 0 Å². The molecule has 0 aromatic heterocycles. The standard InChI is InChI=1S/C19H31N/c1-5-11-20-19(17-10-9-16(6-2)13-17)18-12-14(3)7-8-15(18)4/h7-8,12,16-17,19-20H,5-6,9-11,13H2,1-4H3. The maximum atomic E-state index is 3.84. The van der Waals surface area contributed by atoms with E-state index in [1.807, 2.05) is 0 Å². The largest absolute Gasteiger partial charge is 0.310 e. The van der Waals surface area contributed by atoms with E-state index in [0.717, 1.165) is 18.4 Å². The highest BCUT2D eigenvalue weighted by molar-refractivity contribution is 5.33. The zero-order valence-electron chi connectivity index (χ0n) is 13.7. The van der Waals surface area contributed by atoms with Gasteiger partial charge in [-0.2, -0.15) is 0 Å². The molecule has 1 aliphatic rings. The molecule has 1 aromatic carbocycles. The van der Waals surface area contributed by atoms with Gasteiger partial charge in [0.1, 0.15) is 0 Å². The molecule has 112 valence electrons. The minimum atomic E-state index is 0.561. The van der Waals surface area contributed by atoms with Crippen LogP contribution in [0.15, 0.2) is 18.2 Å². The molecule has 0 spiro atoms. The Morgan fingerprint density at radius 3 is 2.65 bits per heavy atom. The second kappa shape index (κ2) is 7.26. The summed E-state index contributed by atoms with van der Waals surface area (Å²) < 4.78 is 0. The van der Waals surface area contributed by atoms with E-state index in [2.05, 4.69) is 51.2 Å². The van der Waals surface area contributed by atoms with Crippen LogP contribution in [0.3, 0.4) is 0 Å². The summed E-state index contributed by atoms with van der Waals surface area (Å²) in [6.07, 6.45) is 6.80. The Morgan fingerprint density at radius 1 is 1.20 bits per heavy atom. The van der Waals surface area contributed by atoms with E-state index in [0.29, 0.717) is 6.04 Å². The summed E-state index contributed by atoms with van der Waals surface area (Å²) in [5.41, 5.74) is 4.38. The molecule has 1 aliphatic carbocycles. The lowest BCUT2D eigenvalue weighted by Gasteiger charge is -2.27. The van der Waals surface area contributed by atoms with Crippen molar-refractivity contribution in [2.75, 3.05) is 6.54 Å². The molecular weight excluding hydrogens is 242 g/mol. The van der Waals surface area contributed by atoms with Crippen LogP contribution in [0.4, 0.5) is 0 Å². The van der Waals surface area contributed by atoms with Crippen molar-refractivity contribution in [2.24, 2.45) is 11.8 Å². The van der Waals surface area contributed by atoms with Crippen molar-refractivity contribution >= 4 is 0 Å². The molecule has 0 saturated heterocycles. The van der Waals surface area contributed by atoms with E-state index in [1.54, 1.807) is 5.56 Å². The molecule has 3 atom stereocenters. The average molecular weight is 273 g/mol. The van der Waals surface area contributed by atoms with Crippen LogP contribution in [-0.2, 0) is 0 Å². The first-order valence-electron chi connectivity index (χ1n) is 8.46. The van der Waals surface area contributed by atoms with Gasteiger partial charge in [-0.3, -0.25) is 0 Å². The molecule has 0 heterocycles. The number of aryl methyl sites for hydroxylation is 2. The lowest BCUT2D eigenvalue weighted by Crippen LogP contribution is -2.28. The predicted octanol–water partition coefficient (Wildman–Crippen LogP) is 5.17. The normalized spacial score (nSPS) is 24.0. The number of hydrogen-bond acceptors (Lipinski definition) is 1. The number of hydrogen-bond donors (Lipinski definition) is 1. The molecule has 1 saturated carbocycles. The van der Waals surface area contributed by atoms with Crippen molar-refractivity contribution in [2.45, 2.75) is 65.8 Å². The highest BCUT2D eigenvalue weighted by atomic mass is 14.9. The van der Waals surface area contributed by atoms with Crippen molar-refractivity contribution in [3.8, 4) is 0 Å². The van der Waals surface area contributed by atoms with Gasteiger partial charge < -0.3 is 5.32 Å². The highest BCUT2D eigenvalue weighted by Gasteiger charge is 2.31. The molecule has 1 fully saturated rings. The van der Waals surface area contributed by atoms with Crippen LogP contribution in [0.25, 0.3) is 0 Å². The van der Waals surface area contributed by atoms with E-state index in [9.17, 15) is 0 Å². The fourth-order valence-corrected chi connectivity index (χ4v) is 3.71. The Balaban J connectivity index is 2.20. The molecule has 0 amide bonds. The third kappa shape index (κ3) is 3.63. The van der Waals surface area contributed by atoms with Crippen LogP contribution in [0.5, 0.6) is 0 Å². The molecule has 1 nitrogen and oxygen atoms in total. The molecule has 1 N–H and O–H groups in total. The predicted molar refractivity (Wildman–Crippen MR) is 88.1 cm³/mol. The molecule has 1 aromatic rings. The average Bonchev–Trinajstić information content (AvgIpc) is 2.92. The quantitative estimate of drug-likeness (QED) is 0.754. The molecule has 1 heteroatoms. The summed E-state index contributed by atoms with van der Waals surface area (Å²) in [5, 5.41) is 3.84. The van der Waals surface area contributed by atoms with Gasteiger partial charge in [-0.25, -0.2) is 0 Å². The Morgan fingerprint density at radius 2 is 2.00 bits per heavy atom. The van der Waals surface area contributed by atoms with Crippen molar-refractivity contribution in [3.63, 3.8) is 0 Å². The summed E-state index contributed by atoms with van der Waals surface area (Å²) in [5.74, 6) is 1.78. The number of benzene rings is 1. The Kier molecular flexibility index (Phi) is 5.65. The number of rotatable bonds is 6. The first-order chi connectivity index (χ1) is 9.65. The monoisotopic (exact) mass is 273 g/mol. The van der Waals surface area contributed by atoms with Gasteiger partial charge >= 0.3 is 0 Å². The molecule has 2 rings (SSSR count). The lowest BCUT2D eigenvalue weighted by atomic mass is 9.87. The van der Waals surface area contributed by atoms with E-state index in [4.69, 9.17) is 0 Å². The fraction of sp³-hybridized carbons (Fsp3) is 0.684. The van der Waals surface area contributed by atoms with E-state index in [-0.39, 0.29) is 0 Å². The van der Waals surface area contributed by atoms with E-state index < -0.39 is 0 Å². The first-order valence-corrected chi connectivity index (χ1v) is 8.46. The van der Waals surface area contributed by atoms with Crippen molar-refractivity contribution < 1.29 is 0 Å². The maximum absolute atomic E-state index is 3.84. The Labute approximate surface area is 125 Å². The van der Waals surface area contributed by atoms with Crippen LogP contribution < -0.4 is 5.32 Å². The zero-order valence-corrected chi connectivity index (χ0v) is 13.7. The molecular formula is C19H31N. The van der Waals surface area contributed by atoms with Crippen LogP contribution in [0.1, 0.15) is 68.7 Å². The molecule has 0 bridgehead atoms. The second-order valence-electron chi connectivity index (χ2n) is 6.64. The summed E-state index contributed by atoms with van der Waals surface area (Å²) in [6.45, 7) is 10.2. The molecule has 20 heavy (non-hydrogen) atoms. The van der Waals surface area contributed by atoms with Gasteiger partial charge in [-0.1, -0.05) is 50.5 Å². The third-order valence-electron chi connectivity index (χ3n) is 5.01. The molecule has 3 unspecified atom stereocenters. The first kappa shape index (κ1) is 15.6. The summed E-state index contributed by atoms with van der Waals surface area (Å²) in [4.78, 5) is 0. The number of nitrogens with one attached hydrogen (secondary N) is 1. The topological polar surface area (TPSA) is 12.0 Å². The minimum absolute atomic E-state index is 0.561.